The minimum absolute atomic E-state index is 0.207. The van der Waals surface area contributed by atoms with Gasteiger partial charge in [-0.25, -0.2) is 0 Å². The second kappa shape index (κ2) is 10.2. The Morgan fingerprint density at radius 3 is 1.90 bits per heavy atom. The highest BCUT2D eigenvalue weighted by molar-refractivity contribution is 5.75. The Balaban J connectivity index is 1.91. The van der Waals surface area contributed by atoms with Gasteiger partial charge in [-0.2, -0.15) is 0 Å². The fraction of sp³-hybridized carbons (Fsp3) is 0.941. The Morgan fingerprint density at radius 2 is 1.45 bits per heavy atom. The molecule has 3 nitrogen and oxygen atoms in total. The second-order valence-electron chi connectivity index (χ2n) is 6.21. The summed E-state index contributed by atoms with van der Waals surface area (Å²) in [6, 6.07) is 0. The summed E-state index contributed by atoms with van der Waals surface area (Å²) in [4.78, 5) is 11.5. The van der Waals surface area contributed by atoms with Crippen LogP contribution in [0.15, 0.2) is 0 Å². The van der Waals surface area contributed by atoms with E-state index in [2.05, 4.69) is 6.92 Å². The van der Waals surface area contributed by atoms with Crippen LogP contribution in [0.3, 0.4) is 0 Å². The number of carbonyl (C=O) groups excluding carboxylic acids is 1. The molecule has 1 N–H and O–H groups in total. The lowest BCUT2D eigenvalue weighted by Crippen LogP contribution is -2.24. The summed E-state index contributed by atoms with van der Waals surface area (Å²) in [5.41, 5.74) is 0. The maximum atomic E-state index is 11.5. The molecule has 1 aliphatic rings. The number of hydrogen-bond donors (Lipinski definition) is 1. The van der Waals surface area contributed by atoms with Crippen molar-refractivity contribution in [3.8, 4) is 0 Å². The van der Waals surface area contributed by atoms with E-state index in [4.69, 9.17) is 4.74 Å². The predicted molar refractivity (Wildman–Crippen MR) is 81.5 cm³/mol. The molecule has 20 heavy (non-hydrogen) atoms. The number of cyclic esters (lactones) is 1. The third-order valence-corrected chi connectivity index (χ3v) is 4.37. The van der Waals surface area contributed by atoms with Crippen LogP contribution in [0.1, 0.15) is 84.5 Å². The predicted octanol–water partition coefficient (Wildman–Crippen LogP) is 4.22. The maximum absolute atomic E-state index is 11.5. The average Bonchev–Trinajstić information content (AvgIpc) is 2.67. The van der Waals surface area contributed by atoms with Gasteiger partial charge >= 0.3 is 5.97 Å². The summed E-state index contributed by atoms with van der Waals surface area (Å²) in [5, 5.41) is 9.83. The van der Waals surface area contributed by atoms with Crippen LogP contribution < -0.4 is 0 Å². The zero-order valence-corrected chi connectivity index (χ0v) is 13.3. The average molecular weight is 284 g/mol. The molecule has 1 aliphatic heterocycles. The Kier molecular flexibility index (Phi) is 8.92. The standard InChI is InChI=1S/C17H32O3/c1-3-4-5-6-7-8-9-10-11-12-13-15-16(18)14(2)20-17(15)19/h14-16,18H,3-13H2,1-2H3/t14-,15+,16+/m1/s1. The molecule has 1 fully saturated rings. The van der Waals surface area contributed by atoms with Crippen molar-refractivity contribution in [1.82, 2.24) is 0 Å². The normalized spacial score (nSPS) is 25.9. The molecule has 0 unspecified atom stereocenters. The minimum atomic E-state index is -0.596. The SMILES string of the molecule is CCCCCCCCCCCC[C@@H]1C(=O)O[C@H](C)[C@@H]1O. The van der Waals surface area contributed by atoms with Gasteiger partial charge in [-0.05, 0) is 13.3 Å². The summed E-state index contributed by atoms with van der Waals surface area (Å²) in [5.74, 6) is -0.486. The number of unbranched alkanes of at least 4 members (excludes halogenated alkanes) is 9. The van der Waals surface area contributed by atoms with Gasteiger partial charge < -0.3 is 9.84 Å². The number of esters is 1. The Bertz CT molecular complexity index is 265. The summed E-state index contributed by atoms with van der Waals surface area (Å²) in [6.07, 6.45) is 12.8. The Labute approximate surface area is 124 Å². The van der Waals surface area contributed by atoms with E-state index >= 15 is 0 Å². The highest BCUT2D eigenvalue weighted by atomic mass is 16.6. The first-order valence-electron chi connectivity index (χ1n) is 8.55. The lowest BCUT2D eigenvalue weighted by molar-refractivity contribution is -0.143. The molecule has 0 aliphatic carbocycles. The maximum Gasteiger partial charge on any atom is 0.312 e. The van der Waals surface area contributed by atoms with Gasteiger partial charge in [0, 0.05) is 0 Å². The molecule has 118 valence electrons. The van der Waals surface area contributed by atoms with Crippen molar-refractivity contribution in [3.05, 3.63) is 0 Å². The number of rotatable bonds is 11. The molecule has 3 heteroatoms. The second-order valence-corrected chi connectivity index (χ2v) is 6.21. The van der Waals surface area contributed by atoms with Crippen LogP contribution in [0, 0.1) is 5.92 Å². The minimum Gasteiger partial charge on any atom is -0.460 e. The molecular weight excluding hydrogens is 252 g/mol. The summed E-state index contributed by atoms with van der Waals surface area (Å²) in [6.45, 7) is 4.01. The van der Waals surface area contributed by atoms with Crippen molar-refractivity contribution in [2.75, 3.05) is 0 Å². The summed E-state index contributed by atoms with van der Waals surface area (Å²) < 4.78 is 5.04. The lowest BCUT2D eigenvalue weighted by atomic mass is 9.95. The molecule has 0 saturated carbocycles. The Morgan fingerprint density at radius 1 is 0.950 bits per heavy atom. The molecule has 0 radical (unpaired) electrons. The van der Waals surface area contributed by atoms with Crippen molar-refractivity contribution in [1.29, 1.82) is 0 Å². The van der Waals surface area contributed by atoms with Gasteiger partial charge in [0.2, 0.25) is 0 Å². The Hall–Kier alpha value is -0.570. The van der Waals surface area contributed by atoms with Crippen LogP contribution in [0.25, 0.3) is 0 Å². The van der Waals surface area contributed by atoms with Crippen LogP contribution in [0.2, 0.25) is 0 Å². The first kappa shape index (κ1) is 17.5. The number of aliphatic hydroxyl groups is 1. The highest BCUT2D eigenvalue weighted by Gasteiger charge is 2.40. The van der Waals surface area contributed by atoms with E-state index in [1.54, 1.807) is 6.92 Å². The molecule has 1 heterocycles. The quantitative estimate of drug-likeness (QED) is 0.456. The van der Waals surface area contributed by atoms with Crippen molar-refractivity contribution < 1.29 is 14.6 Å². The van der Waals surface area contributed by atoms with Crippen LogP contribution in [-0.4, -0.2) is 23.3 Å². The molecular formula is C17H32O3. The summed E-state index contributed by atoms with van der Waals surface area (Å²) in [7, 11) is 0. The number of ether oxygens (including phenoxy) is 1. The fourth-order valence-corrected chi connectivity index (χ4v) is 2.95. The first-order chi connectivity index (χ1) is 9.66. The van der Waals surface area contributed by atoms with Crippen LogP contribution >= 0.6 is 0 Å². The number of carbonyl (C=O) groups is 1. The molecule has 0 aromatic heterocycles. The van der Waals surface area contributed by atoms with E-state index in [9.17, 15) is 9.90 Å². The highest BCUT2D eigenvalue weighted by Crippen LogP contribution is 2.26. The van der Waals surface area contributed by atoms with Crippen molar-refractivity contribution in [2.24, 2.45) is 5.92 Å². The van der Waals surface area contributed by atoms with E-state index in [0.717, 1.165) is 12.8 Å². The largest absolute Gasteiger partial charge is 0.460 e. The van der Waals surface area contributed by atoms with Crippen molar-refractivity contribution in [2.45, 2.75) is 96.7 Å². The van der Waals surface area contributed by atoms with Gasteiger partial charge in [-0.1, -0.05) is 71.1 Å². The lowest BCUT2D eigenvalue weighted by Gasteiger charge is -2.11. The van der Waals surface area contributed by atoms with E-state index in [0.29, 0.717) is 0 Å². The molecule has 0 amide bonds. The third kappa shape index (κ3) is 6.25. The monoisotopic (exact) mass is 284 g/mol. The van der Waals surface area contributed by atoms with Gasteiger partial charge in [-0.3, -0.25) is 4.79 Å². The van der Waals surface area contributed by atoms with E-state index in [1.165, 1.54) is 57.8 Å². The fourth-order valence-electron chi connectivity index (χ4n) is 2.95. The van der Waals surface area contributed by atoms with E-state index in [1.807, 2.05) is 0 Å². The molecule has 0 aromatic carbocycles. The van der Waals surface area contributed by atoms with Crippen LogP contribution in [-0.2, 0) is 9.53 Å². The van der Waals surface area contributed by atoms with Gasteiger partial charge in [0.05, 0.1) is 5.92 Å². The van der Waals surface area contributed by atoms with Crippen LogP contribution in [0.5, 0.6) is 0 Å². The van der Waals surface area contributed by atoms with Crippen molar-refractivity contribution >= 4 is 5.97 Å². The van der Waals surface area contributed by atoms with Gasteiger partial charge in [0.25, 0.3) is 0 Å². The topological polar surface area (TPSA) is 46.5 Å². The van der Waals surface area contributed by atoms with Gasteiger partial charge in [0.15, 0.2) is 0 Å². The first-order valence-corrected chi connectivity index (χ1v) is 8.55. The molecule has 1 rings (SSSR count). The molecule has 1 saturated heterocycles. The third-order valence-electron chi connectivity index (χ3n) is 4.37. The van der Waals surface area contributed by atoms with Gasteiger partial charge in [0.1, 0.15) is 12.2 Å². The van der Waals surface area contributed by atoms with Gasteiger partial charge in [-0.15, -0.1) is 0 Å². The smallest absolute Gasteiger partial charge is 0.312 e. The van der Waals surface area contributed by atoms with E-state index < -0.39 is 6.10 Å². The number of aliphatic hydroxyl groups excluding tert-OH is 1. The zero-order valence-electron chi connectivity index (χ0n) is 13.3. The molecule has 0 aromatic rings. The molecule has 0 bridgehead atoms. The zero-order chi connectivity index (χ0) is 14.8. The number of hydrogen-bond acceptors (Lipinski definition) is 3. The van der Waals surface area contributed by atoms with Crippen LogP contribution in [0.4, 0.5) is 0 Å². The van der Waals surface area contributed by atoms with E-state index in [-0.39, 0.29) is 18.0 Å². The van der Waals surface area contributed by atoms with Crippen molar-refractivity contribution in [3.63, 3.8) is 0 Å². The summed E-state index contributed by atoms with van der Waals surface area (Å²) >= 11 is 0. The molecule has 0 spiro atoms. The molecule has 3 atom stereocenters.